The van der Waals surface area contributed by atoms with E-state index in [1.54, 1.807) is 4.68 Å². The Hall–Kier alpha value is -3.25. The highest BCUT2D eigenvalue weighted by molar-refractivity contribution is 9.10. The quantitative estimate of drug-likeness (QED) is 0.383. The molecule has 1 heterocycles. The number of benzene rings is 3. The lowest BCUT2D eigenvalue weighted by Crippen LogP contribution is -2.15. The monoisotopic (exact) mass is 474 g/mol. The molecular formula is C25H23BrN4O. The Morgan fingerprint density at radius 1 is 0.935 bits per heavy atom. The fourth-order valence-corrected chi connectivity index (χ4v) is 3.64. The molecule has 0 fully saturated rings. The Kier molecular flexibility index (Phi) is 5.74. The van der Waals surface area contributed by atoms with Gasteiger partial charge in [-0.1, -0.05) is 52.3 Å². The number of hydrogen-bond donors (Lipinski definition) is 1. The number of aryl methyl sites for hydroxylation is 3. The molecule has 5 nitrogen and oxygen atoms in total. The molecule has 4 rings (SSSR count). The second-order valence-corrected chi connectivity index (χ2v) is 8.58. The van der Waals surface area contributed by atoms with Gasteiger partial charge in [0.05, 0.1) is 5.69 Å². The number of rotatable bonds is 4. The number of nitrogens with zero attached hydrogens (tertiary/aromatic N) is 3. The van der Waals surface area contributed by atoms with E-state index in [0.29, 0.717) is 5.82 Å². The van der Waals surface area contributed by atoms with Crippen LogP contribution in [0.15, 0.2) is 65.1 Å². The summed E-state index contributed by atoms with van der Waals surface area (Å²) in [5.41, 5.74) is 6.84. The Morgan fingerprint density at radius 3 is 2.42 bits per heavy atom. The number of halogens is 1. The highest BCUT2D eigenvalue weighted by Gasteiger charge is 2.20. The van der Waals surface area contributed by atoms with Crippen molar-refractivity contribution < 1.29 is 4.79 Å². The molecule has 4 aromatic rings. The van der Waals surface area contributed by atoms with Gasteiger partial charge in [-0.25, -0.2) is 9.67 Å². The van der Waals surface area contributed by atoms with E-state index in [1.165, 1.54) is 0 Å². The van der Waals surface area contributed by atoms with Gasteiger partial charge in [0, 0.05) is 15.7 Å². The highest BCUT2D eigenvalue weighted by atomic mass is 79.9. The molecule has 0 unspecified atom stereocenters. The van der Waals surface area contributed by atoms with Crippen molar-refractivity contribution in [2.45, 2.75) is 27.7 Å². The van der Waals surface area contributed by atoms with Crippen molar-refractivity contribution in [2.24, 2.45) is 0 Å². The second kappa shape index (κ2) is 8.47. The van der Waals surface area contributed by atoms with E-state index >= 15 is 0 Å². The van der Waals surface area contributed by atoms with Crippen LogP contribution >= 0.6 is 15.9 Å². The minimum atomic E-state index is -0.337. The highest BCUT2D eigenvalue weighted by Crippen LogP contribution is 2.26. The minimum absolute atomic E-state index is 0.125. The Labute approximate surface area is 190 Å². The number of carbonyl (C=O) groups is 1. The van der Waals surface area contributed by atoms with Crippen LogP contribution in [0.3, 0.4) is 0 Å². The van der Waals surface area contributed by atoms with Gasteiger partial charge in [0.25, 0.3) is 5.91 Å². The zero-order chi connectivity index (χ0) is 22.1. The number of hydrogen-bond acceptors (Lipinski definition) is 3. The van der Waals surface area contributed by atoms with Crippen molar-refractivity contribution in [3.05, 3.63) is 93.2 Å². The zero-order valence-electron chi connectivity index (χ0n) is 17.9. The van der Waals surface area contributed by atoms with Crippen LogP contribution < -0.4 is 5.32 Å². The van der Waals surface area contributed by atoms with Gasteiger partial charge in [-0.05, 0) is 74.2 Å². The average Bonchev–Trinajstić information content (AvgIpc) is 3.19. The first-order valence-corrected chi connectivity index (χ1v) is 10.8. The summed E-state index contributed by atoms with van der Waals surface area (Å²) in [6.07, 6.45) is 0. The van der Waals surface area contributed by atoms with Crippen LogP contribution in [-0.2, 0) is 0 Å². The maximum absolute atomic E-state index is 13.1. The largest absolute Gasteiger partial charge is 0.319 e. The average molecular weight is 475 g/mol. The van der Waals surface area contributed by atoms with Crippen LogP contribution in [-0.4, -0.2) is 20.7 Å². The van der Waals surface area contributed by atoms with E-state index in [1.807, 2.05) is 76.2 Å². The summed E-state index contributed by atoms with van der Waals surface area (Å²) < 4.78 is 2.73. The third-order valence-corrected chi connectivity index (χ3v) is 5.89. The van der Waals surface area contributed by atoms with Gasteiger partial charge in [-0.2, -0.15) is 0 Å². The third kappa shape index (κ3) is 4.30. The molecule has 0 aliphatic rings. The standard InChI is InChI=1S/C25H23BrN4O/c1-15-8-9-17(3)22(14-15)30-24(19-10-12-20(26)13-11-19)28-23(29-30)25(31)27-21-7-5-6-16(2)18(21)4/h5-14H,1-4H3,(H,27,31). The van der Waals surface area contributed by atoms with Crippen molar-refractivity contribution >= 4 is 27.5 Å². The number of nitrogens with one attached hydrogen (secondary N) is 1. The fourth-order valence-electron chi connectivity index (χ4n) is 3.37. The predicted octanol–water partition coefficient (Wildman–Crippen LogP) is 6.18. The molecule has 0 aliphatic heterocycles. The van der Waals surface area contributed by atoms with Crippen LogP contribution in [0.2, 0.25) is 0 Å². The van der Waals surface area contributed by atoms with Gasteiger partial charge in [0.1, 0.15) is 0 Å². The molecule has 1 amide bonds. The van der Waals surface area contributed by atoms with Crippen LogP contribution in [0.4, 0.5) is 5.69 Å². The Morgan fingerprint density at radius 2 is 1.68 bits per heavy atom. The minimum Gasteiger partial charge on any atom is -0.319 e. The molecule has 0 saturated carbocycles. The molecule has 0 spiro atoms. The number of aromatic nitrogens is 3. The van der Waals surface area contributed by atoms with Gasteiger partial charge >= 0.3 is 0 Å². The van der Waals surface area contributed by atoms with Crippen LogP contribution in [0.5, 0.6) is 0 Å². The summed E-state index contributed by atoms with van der Waals surface area (Å²) in [4.78, 5) is 17.7. The Bertz CT molecular complexity index is 1280. The number of anilines is 1. The predicted molar refractivity (Wildman–Crippen MR) is 128 cm³/mol. The molecule has 0 aliphatic carbocycles. The molecule has 1 N–H and O–H groups in total. The number of amides is 1. The van der Waals surface area contributed by atoms with E-state index in [4.69, 9.17) is 0 Å². The normalized spacial score (nSPS) is 10.9. The SMILES string of the molecule is Cc1ccc(C)c(-n2nc(C(=O)Nc3cccc(C)c3C)nc2-c2ccc(Br)cc2)c1. The fraction of sp³-hybridized carbons (Fsp3) is 0.160. The van der Waals surface area contributed by atoms with Crippen molar-refractivity contribution in [1.82, 2.24) is 14.8 Å². The van der Waals surface area contributed by atoms with E-state index in [0.717, 1.165) is 43.7 Å². The summed E-state index contributed by atoms with van der Waals surface area (Å²) in [5.74, 6) is 0.406. The topological polar surface area (TPSA) is 59.8 Å². The van der Waals surface area contributed by atoms with Gasteiger partial charge in [-0.15, -0.1) is 5.10 Å². The lowest BCUT2D eigenvalue weighted by atomic mass is 10.1. The first-order valence-electron chi connectivity index (χ1n) is 10.0. The first kappa shape index (κ1) is 21.0. The van der Waals surface area contributed by atoms with Gasteiger partial charge in [0.2, 0.25) is 5.82 Å². The third-order valence-electron chi connectivity index (χ3n) is 5.36. The van der Waals surface area contributed by atoms with Crippen molar-refractivity contribution in [3.8, 4) is 17.1 Å². The van der Waals surface area contributed by atoms with Crippen molar-refractivity contribution in [3.63, 3.8) is 0 Å². The molecule has 1 aromatic heterocycles. The summed E-state index contributed by atoms with van der Waals surface area (Å²) >= 11 is 3.47. The van der Waals surface area contributed by atoms with Gasteiger partial charge < -0.3 is 5.32 Å². The molecule has 3 aromatic carbocycles. The van der Waals surface area contributed by atoms with Crippen LogP contribution in [0.1, 0.15) is 32.9 Å². The van der Waals surface area contributed by atoms with Gasteiger partial charge in [-0.3, -0.25) is 4.79 Å². The van der Waals surface area contributed by atoms with Crippen LogP contribution in [0, 0.1) is 27.7 Å². The van der Waals surface area contributed by atoms with Crippen molar-refractivity contribution in [1.29, 1.82) is 0 Å². The molecule has 0 radical (unpaired) electrons. The lowest BCUT2D eigenvalue weighted by Gasteiger charge is -2.10. The summed E-state index contributed by atoms with van der Waals surface area (Å²) in [6, 6.07) is 19.8. The summed E-state index contributed by atoms with van der Waals surface area (Å²) in [6.45, 7) is 8.06. The molecule has 0 atom stereocenters. The Balaban J connectivity index is 1.81. The number of carbonyl (C=O) groups excluding carboxylic acids is 1. The van der Waals surface area contributed by atoms with E-state index in [9.17, 15) is 4.79 Å². The molecular weight excluding hydrogens is 452 g/mol. The molecule has 0 saturated heterocycles. The summed E-state index contributed by atoms with van der Waals surface area (Å²) in [5, 5.41) is 7.57. The molecule has 0 bridgehead atoms. The molecule has 31 heavy (non-hydrogen) atoms. The smallest absolute Gasteiger partial charge is 0.295 e. The van der Waals surface area contributed by atoms with E-state index in [2.05, 4.69) is 43.5 Å². The second-order valence-electron chi connectivity index (χ2n) is 7.67. The van der Waals surface area contributed by atoms with Crippen LogP contribution in [0.25, 0.3) is 17.1 Å². The van der Waals surface area contributed by atoms with E-state index < -0.39 is 0 Å². The first-order chi connectivity index (χ1) is 14.8. The maximum atomic E-state index is 13.1. The lowest BCUT2D eigenvalue weighted by molar-refractivity contribution is 0.101. The summed E-state index contributed by atoms with van der Waals surface area (Å²) in [7, 11) is 0. The molecule has 6 heteroatoms. The van der Waals surface area contributed by atoms with Gasteiger partial charge in [0.15, 0.2) is 5.82 Å². The maximum Gasteiger partial charge on any atom is 0.295 e. The zero-order valence-corrected chi connectivity index (χ0v) is 19.5. The van der Waals surface area contributed by atoms with E-state index in [-0.39, 0.29) is 11.7 Å². The van der Waals surface area contributed by atoms with Crippen molar-refractivity contribution in [2.75, 3.05) is 5.32 Å². The molecule has 156 valence electrons.